The maximum Gasteiger partial charge on any atom is 0.255 e. The lowest BCUT2D eigenvalue weighted by atomic mass is 10.0. The molecule has 28 heavy (non-hydrogen) atoms. The molecule has 0 spiro atoms. The first kappa shape index (κ1) is 18.2. The van der Waals surface area contributed by atoms with E-state index in [9.17, 15) is 9.90 Å². The zero-order valence-electron chi connectivity index (χ0n) is 15.6. The van der Waals surface area contributed by atoms with Crippen molar-refractivity contribution >= 4 is 33.1 Å². The van der Waals surface area contributed by atoms with Crippen LogP contribution in [0, 0.1) is 0 Å². The highest BCUT2D eigenvalue weighted by molar-refractivity contribution is 7.21. The Bertz CT molecular complexity index is 1110. The normalized spacial score (nSPS) is 11.1. The van der Waals surface area contributed by atoms with Gasteiger partial charge in [0.25, 0.3) is 5.91 Å². The van der Waals surface area contributed by atoms with Crippen molar-refractivity contribution in [3.63, 3.8) is 0 Å². The molecule has 4 aromatic rings. The fraction of sp³-hybridized carbons (Fsp3) is 0.130. The van der Waals surface area contributed by atoms with E-state index in [1.165, 1.54) is 16.9 Å². The van der Waals surface area contributed by atoms with Gasteiger partial charge in [-0.3, -0.25) is 4.79 Å². The van der Waals surface area contributed by atoms with Gasteiger partial charge in [0.15, 0.2) is 0 Å². The lowest BCUT2D eigenvalue weighted by Crippen LogP contribution is -2.11. The SMILES string of the molecule is CC(C)c1ccc(C(=O)Nc2ccc(O)c(-c3nc4ccccc4s3)c2)cc1. The average Bonchev–Trinajstić information content (AvgIpc) is 3.13. The number of hydrogen-bond acceptors (Lipinski definition) is 4. The summed E-state index contributed by atoms with van der Waals surface area (Å²) in [4.78, 5) is 17.2. The molecule has 0 fully saturated rings. The van der Waals surface area contributed by atoms with Gasteiger partial charge in [-0.05, 0) is 53.9 Å². The number of amides is 1. The minimum atomic E-state index is -0.184. The van der Waals surface area contributed by atoms with E-state index >= 15 is 0 Å². The molecule has 5 heteroatoms. The van der Waals surface area contributed by atoms with Crippen LogP contribution >= 0.6 is 11.3 Å². The summed E-state index contributed by atoms with van der Waals surface area (Å²) >= 11 is 1.51. The van der Waals surface area contributed by atoms with E-state index in [2.05, 4.69) is 24.1 Å². The van der Waals surface area contributed by atoms with E-state index in [0.717, 1.165) is 15.2 Å². The van der Waals surface area contributed by atoms with Crippen LogP contribution in [0.25, 0.3) is 20.8 Å². The summed E-state index contributed by atoms with van der Waals surface area (Å²) in [6, 6.07) is 20.5. The Labute approximate surface area is 167 Å². The standard InChI is InChI=1S/C23H20N2O2S/c1-14(2)15-7-9-16(10-8-15)22(27)24-17-11-12-20(26)18(13-17)23-25-19-5-3-4-6-21(19)28-23/h3-14,26H,1-2H3,(H,24,27). The van der Waals surface area contributed by atoms with E-state index in [0.29, 0.717) is 22.7 Å². The van der Waals surface area contributed by atoms with Crippen LogP contribution in [0.2, 0.25) is 0 Å². The predicted octanol–water partition coefficient (Wildman–Crippen LogP) is 6.04. The van der Waals surface area contributed by atoms with E-state index in [4.69, 9.17) is 0 Å². The number of aromatic hydroxyl groups is 1. The first-order chi connectivity index (χ1) is 13.5. The molecule has 0 aliphatic rings. The van der Waals surface area contributed by atoms with Gasteiger partial charge in [0.05, 0.1) is 15.8 Å². The topological polar surface area (TPSA) is 62.2 Å². The van der Waals surface area contributed by atoms with Crippen LogP contribution < -0.4 is 5.32 Å². The predicted molar refractivity (Wildman–Crippen MR) is 115 cm³/mol. The Hall–Kier alpha value is -3.18. The van der Waals surface area contributed by atoms with Gasteiger partial charge in [-0.25, -0.2) is 4.98 Å². The van der Waals surface area contributed by atoms with Crippen LogP contribution in [-0.2, 0) is 0 Å². The fourth-order valence-corrected chi connectivity index (χ4v) is 3.99. The third kappa shape index (κ3) is 3.62. The van der Waals surface area contributed by atoms with Gasteiger partial charge in [0.1, 0.15) is 10.8 Å². The maximum absolute atomic E-state index is 12.6. The molecule has 0 saturated carbocycles. The quantitative estimate of drug-likeness (QED) is 0.419. The summed E-state index contributed by atoms with van der Waals surface area (Å²) < 4.78 is 1.05. The highest BCUT2D eigenvalue weighted by Gasteiger charge is 2.13. The molecular weight excluding hydrogens is 368 g/mol. The Morgan fingerprint density at radius 1 is 1.04 bits per heavy atom. The van der Waals surface area contributed by atoms with Crippen LogP contribution in [0.15, 0.2) is 66.7 Å². The number of carbonyl (C=O) groups is 1. The maximum atomic E-state index is 12.6. The number of anilines is 1. The smallest absolute Gasteiger partial charge is 0.255 e. The minimum absolute atomic E-state index is 0.137. The first-order valence-corrected chi connectivity index (χ1v) is 9.93. The number of fused-ring (bicyclic) bond motifs is 1. The van der Waals surface area contributed by atoms with Crippen molar-refractivity contribution in [1.29, 1.82) is 0 Å². The van der Waals surface area contributed by atoms with Gasteiger partial charge in [-0.15, -0.1) is 11.3 Å². The molecule has 4 rings (SSSR count). The lowest BCUT2D eigenvalue weighted by molar-refractivity contribution is 0.102. The number of thiazole rings is 1. The number of benzene rings is 3. The molecule has 4 nitrogen and oxygen atoms in total. The number of para-hydroxylation sites is 1. The number of phenolic OH excluding ortho intramolecular Hbond substituents is 1. The zero-order valence-corrected chi connectivity index (χ0v) is 16.5. The summed E-state index contributed by atoms with van der Waals surface area (Å²) in [6.07, 6.45) is 0. The number of nitrogens with one attached hydrogen (secondary N) is 1. The molecular formula is C23H20N2O2S. The van der Waals surface area contributed by atoms with Crippen LogP contribution in [-0.4, -0.2) is 16.0 Å². The van der Waals surface area contributed by atoms with Crippen molar-refractivity contribution in [2.75, 3.05) is 5.32 Å². The Balaban J connectivity index is 1.60. The second-order valence-electron chi connectivity index (χ2n) is 6.95. The summed E-state index contributed by atoms with van der Waals surface area (Å²) in [6.45, 7) is 4.24. The third-order valence-corrected chi connectivity index (χ3v) is 5.69. The number of rotatable bonds is 4. The van der Waals surface area contributed by atoms with Gasteiger partial charge >= 0.3 is 0 Å². The fourth-order valence-electron chi connectivity index (χ4n) is 3.00. The van der Waals surface area contributed by atoms with Gasteiger partial charge in [0, 0.05) is 11.3 Å². The van der Waals surface area contributed by atoms with Crippen LogP contribution in [0.1, 0.15) is 35.7 Å². The van der Waals surface area contributed by atoms with Gasteiger partial charge in [-0.2, -0.15) is 0 Å². The minimum Gasteiger partial charge on any atom is -0.507 e. The van der Waals surface area contributed by atoms with E-state index < -0.39 is 0 Å². The van der Waals surface area contributed by atoms with E-state index in [1.807, 2.05) is 48.5 Å². The molecule has 0 radical (unpaired) electrons. The van der Waals surface area contributed by atoms with Crippen molar-refractivity contribution in [3.05, 3.63) is 77.9 Å². The van der Waals surface area contributed by atoms with Crippen molar-refractivity contribution in [1.82, 2.24) is 4.98 Å². The lowest BCUT2D eigenvalue weighted by Gasteiger charge is -2.09. The molecule has 1 aromatic heterocycles. The summed E-state index contributed by atoms with van der Waals surface area (Å²) in [5, 5.41) is 13.9. The summed E-state index contributed by atoms with van der Waals surface area (Å²) in [7, 11) is 0. The monoisotopic (exact) mass is 388 g/mol. The van der Waals surface area contributed by atoms with Gasteiger partial charge < -0.3 is 10.4 Å². The zero-order chi connectivity index (χ0) is 19.7. The molecule has 1 heterocycles. The molecule has 2 N–H and O–H groups in total. The van der Waals surface area contributed by atoms with Crippen molar-refractivity contribution in [3.8, 4) is 16.3 Å². The molecule has 0 atom stereocenters. The van der Waals surface area contributed by atoms with Gasteiger partial charge in [0.2, 0.25) is 0 Å². The second-order valence-corrected chi connectivity index (χ2v) is 7.98. The first-order valence-electron chi connectivity index (χ1n) is 9.11. The highest BCUT2D eigenvalue weighted by Crippen LogP contribution is 2.36. The average molecular weight is 388 g/mol. The van der Waals surface area contributed by atoms with E-state index in [-0.39, 0.29) is 11.7 Å². The number of aromatic nitrogens is 1. The molecule has 0 bridgehead atoms. The van der Waals surface area contributed by atoms with Crippen molar-refractivity contribution in [2.24, 2.45) is 0 Å². The summed E-state index contributed by atoms with van der Waals surface area (Å²) in [5.74, 6) is 0.375. The van der Waals surface area contributed by atoms with E-state index in [1.54, 1.807) is 18.2 Å². The number of hydrogen-bond donors (Lipinski definition) is 2. The molecule has 0 unspecified atom stereocenters. The molecule has 1 amide bonds. The highest BCUT2D eigenvalue weighted by atomic mass is 32.1. The Morgan fingerprint density at radius 3 is 2.50 bits per heavy atom. The molecule has 140 valence electrons. The van der Waals surface area contributed by atoms with Crippen LogP contribution in [0.3, 0.4) is 0 Å². The Kier molecular flexibility index (Phi) is 4.84. The largest absolute Gasteiger partial charge is 0.507 e. The van der Waals surface area contributed by atoms with Gasteiger partial charge in [-0.1, -0.05) is 38.1 Å². The molecule has 3 aromatic carbocycles. The van der Waals surface area contributed by atoms with Crippen LogP contribution in [0.5, 0.6) is 5.75 Å². The van der Waals surface area contributed by atoms with Crippen molar-refractivity contribution < 1.29 is 9.90 Å². The number of nitrogens with zero attached hydrogens (tertiary/aromatic N) is 1. The molecule has 0 aliphatic carbocycles. The third-order valence-electron chi connectivity index (χ3n) is 4.62. The van der Waals surface area contributed by atoms with Crippen LogP contribution in [0.4, 0.5) is 5.69 Å². The summed E-state index contributed by atoms with van der Waals surface area (Å²) in [5.41, 5.74) is 3.90. The van der Waals surface area contributed by atoms with Crippen molar-refractivity contribution in [2.45, 2.75) is 19.8 Å². The molecule has 0 aliphatic heterocycles. The Morgan fingerprint density at radius 2 is 1.79 bits per heavy atom. The number of carbonyl (C=O) groups excluding carboxylic acids is 1. The second kappa shape index (κ2) is 7.44. The molecule has 0 saturated heterocycles. The number of phenols is 1.